The van der Waals surface area contributed by atoms with Crippen LogP contribution in [0.1, 0.15) is 213 Å². The highest BCUT2D eigenvalue weighted by molar-refractivity contribution is 5.71. The van der Waals surface area contributed by atoms with E-state index >= 15 is 0 Å². The molecule has 0 radical (unpaired) electrons. The molecule has 0 spiro atoms. The summed E-state index contributed by atoms with van der Waals surface area (Å²) in [7, 11) is 0. The molecule has 0 saturated heterocycles. The molecule has 1 unspecified atom stereocenters. The lowest BCUT2D eigenvalue weighted by Crippen LogP contribution is -2.30. The molecule has 0 heterocycles. The number of esters is 3. The zero-order valence-corrected chi connectivity index (χ0v) is 42.9. The first-order chi connectivity index (χ1) is 33.0. The predicted octanol–water partition coefficient (Wildman–Crippen LogP) is 17.9. The maximum Gasteiger partial charge on any atom is 0.306 e. The minimum Gasteiger partial charge on any atom is -0.462 e. The van der Waals surface area contributed by atoms with Crippen molar-refractivity contribution >= 4 is 17.9 Å². The van der Waals surface area contributed by atoms with Crippen LogP contribution in [0.15, 0.2) is 134 Å². The van der Waals surface area contributed by atoms with Gasteiger partial charge in [-0.1, -0.05) is 199 Å². The molecule has 67 heavy (non-hydrogen) atoms. The van der Waals surface area contributed by atoms with Crippen molar-refractivity contribution in [1.29, 1.82) is 0 Å². The van der Waals surface area contributed by atoms with Crippen LogP contribution in [-0.2, 0) is 28.6 Å². The number of rotatable bonds is 46. The van der Waals surface area contributed by atoms with Crippen LogP contribution in [0.2, 0.25) is 0 Å². The van der Waals surface area contributed by atoms with Crippen molar-refractivity contribution in [2.24, 2.45) is 0 Å². The van der Waals surface area contributed by atoms with Gasteiger partial charge >= 0.3 is 17.9 Å². The minimum absolute atomic E-state index is 0.131. The lowest BCUT2D eigenvalue weighted by atomic mass is 10.1. The molecule has 0 amide bonds. The molecular weight excluding hydrogens is 829 g/mol. The summed E-state index contributed by atoms with van der Waals surface area (Å²) >= 11 is 0. The molecule has 0 rings (SSSR count). The number of hydrogen-bond donors (Lipinski definition) is 0. The molecule has 0 fully saturated rings. The van der Waals surface area contributed by atoms with E-state index in [-0.39, 0.29) is 44.0 Å². The topological polar surface area (TPSA) is 78.9 Å². The van der Waals surface area contributed by atoms with Crippen LogP contribution in [-0.4, -0.2) is 37.2 Å². The SMILES string of the molecule is CCC=CCC=CCC=CCCCCCCCC(=O)OCC(COC(=O)CCCC=CCC=CCC=CCC=CCCCCC)OC(=O)CCCC=CCC=CCC=CCC=CCCCCC. The van der Waals surface area contributed by atoms with Crippen LogP contribution < -0.4 is 0 Å². The zero-order valence-electron chi connectivity index (χ0n) is 42.9. The molecule has 1 atom stereocenters. The highest BCUT2D eigenvalue weighted by atomic mass is 16.6. The van der Waals surface area contributed by atoms with Gasteiger partial charge in [0.25, 0.3) is 0 Å². The van der Waals surface area contributed by atoms with Crippen molar-refractivity contribution in [3.05, 3.63) is 134 Å². The predicted molar refractivity (Wildman–Crippen MR) is 288 cm³/mol. The van der Waals surface area contributed by atoms with Crippen molar-refractivity contribution in [3.63, 3.8) is 0 Å². The number of carbonyl (C=O) groups excluding carboxylic acids is 3. The zero-order chi connectivity index (χ0) is 48.6. The average molecular weight is 925 g/mol. The normalized spacial score (nSPS) is 13.2. The van der Waals surface area contributed by atoms with Gasteiger partial charge in [-0.15, -0.1) is 0 Å². The third-order valence-electron chi connectivity index (χ3n) is 10.6. The van der Waals surface area contributed by atoms with Crippen molar-refractivity contribution in [3.8, 4) is 0 Å². The van der Waals surface area contributed by atoms with Crippen molar-refractivity contribution in [2.45, 2.75) is 219 Å². The Bertz CT molecular complexity index is 1480. The maximum absolute atomic E-state index is 12.8. The quantitative estimate of drug-likeness (QED) is 0.0262. The Morgan fingerprint density at radius 2 is 0.597 bits per heavy atom. The number of allylic oxidation sites excluding steroid dienone is 22. The van der Waals surface area contributed by atoms with Gasteiger partial charge in [0.05, 0.1) is 0 Å². The highest BCUT2D eigenvalue weighted by Crippen LogP contribution is 2.11. The van der Waals surface area contributed by atoms with Crippen LogP contribution >= 0.6 is 0 Å². The molecule has 0 aliphatic carbocycles. The maximum atomic E-state index is 12.8. The van der Waals surface area contributed by atoms with Gasteiger partial charge in [-0.3, -0.25) is 14.4 Å². The lowest BCUT2D eigenvalue weighted by Gasteiger charge is -2.18. The van der Waals surface area contributed by atoms with Gasteiger partial charge in [-0.05, 0) is 128 Å². The van der Waals surface area contributed by atoms with E-state index in [1.807, 2.05) is 0 Å². The summed E-state index contributed by atoms with van der Waals surface area (Å²) in [4.78, 5) is 38.0. The molecule has 0 aromatic rings. The van der Waals surface area contributed by atoms with Crippen LogP contribution in [0.5, 0.6) is 0 Å². The van der Waals surface area contributed by atoms with Crippen molar-refractivity contribution in [2.75, 3.05) is 13.2 Å². The van der Waals surface area contributed by atoms with E-state index in [2.05, 4.69) is 154 Å². The van der Waals surface area contributed by atoms with E-state index in [1.54, 1.807) is 0 Å². The van der Waals surface area contributed by atoms with Crippen LogP contribution in [0.4, 0.5) is 0 Å². The summed E-state index contributed by atoms with van der Waals surface area (Å²) in [5, 5.41) is 0. The molecule has 0 aromatic carbocycles. The second-order valence-electron chi connectivity index (χ2n) is 17.0. The lowest BCUT2D eigenvalue weighted by molar-refractivity contribution is -0.167. The van der Waals surface area contributed by atoms with E-state index in [9.17, 15) is 14.4 Å². The first-order valence-electron chi connectivity index (χ1n) is 26.7. The first-order valence-corrected chi connectivity index (χ1v) is 26.7. The molecular formula is C61H96O6. The second-order valence-corrected chi connectivity index (χ2v) is 17.0. The summed E-state index contributed by atoms with van der Waals surface area (Å²) in [6.45, 7) is 6.34. The fourth-order valence-corrected chi connectivity index (χ4v) is 6.62. The van der Waals surface area contributed by atoms with E-state index in [0.29, 0.717) is 19.3 Å². The van der Waals surface area contributed by atoms with Crippen LogP contribution in [0.3, 0.4) is 0 Å². The average Bonchev–Trinajstić information content (AvgIpc) is 3.33. The Morgan fingerprint density at radius 1 is 0.313 bits per heavy atom. The molecule has 0 N–H and O–H groups in total. The standard InChI is InChI=1S/C61H96O6/c1-4-7-10-13-16-19-22-25-28-30-33-36-39-42-45-48-51-54-60(63)66-57-58(56-65-59(62)53-50-47-44-41-38-35-32-27-24-21-18-15-12-9-6-3)67-61(64)55-52-49-46-43-40-37-34-31-29-26-23-20-17-14-11-8-5-2/h9,12,16-21,25-29,32-34,36-37,42-43,45-46,58H,4-8,10-11,13-15,22-24,30-31,35,38-41,44,47-57H2,1-3H3. The van der Waals surface area contributed by atoms with Gasteiger partial charge in [-0.25, -0.2) is 0 Å². The van der Waals surface area contributed by atoms with Gasteiger partial charge in [0.1, 0.15) is 13.2 Å². The smallest absolute Gasteiger partial charge is 0.306 e. The summed E-state index contributed by atoms with van der Waals surface area (Å²) < 4.78 is 16.7. The fraction of sp³-hybridized carbons (Fsp3) is 0.590. The molecule has 0 saturated carbocycles. The summed E-state index contributed by atoms with van der Waals surface area (Å²) in [6, 6.07) is 0. The molecule has 0 aliphatic rings. The van der Waals surface area contributed by atoms with E-state index in [1.165, 1.54) is 51.4 Å². The van der Waals surface area contributed by atoms with Gasteiger partial charge < -0.3 is 14.2 Å². The van der Waals surface area contributed by atoms with Gasteiger partial charge in [-0.2, -0.15) is 0 Å². The number of unbranched alkanes of at least 4 members (excludes halogenated alkanes) is 13. The Hall–Kier alpha value is -4.45. The molecule has 0 aliphatic heterocycles. The summed E-state index contributed by atoms with van der Waals surface area (Å²) in [5.74, 6) is -1.07. The Balaban J connectivity index is 4.62. The Kier molecular flexibility index (Phi) is 50.6. The molecule has 0 bridgehead atoms. The Morgan fingerprint density at radius 3 is 0.970 bits per heavy atom. The van der Waals surface area contributed by atoms with Crippen molar-refractivity contribution in [1.82, 2.24) is 0 Å². The third kappa shape index (κ3) is 52.4. The third-order valence-corrected chi connectivity index (χ3v) is 10.6. The van der Waals surface area contributed by atoms with Crippen LogP contribution in [0.25, 0.3) is 0 Å². The molecule has 6 nitrogen and oxygen atoms in total. The molecule has 0 aromatic heterocycles. The van der Waals surface area contributed by atoms with E-state index < -0.39 is 6.10 Å². The number of carbonyl (C=O) groups is 3. The number of hydrogen-bond acceptors (Lipinski definition) is 6. The molecule has 376 valence electrons. The minimum atomic E-state index is -0.841. The van der Waals surface area contributed by atoms with E-state index in [4.69, 9.17) is 14.2 Å². The van der Waals surface area contributed by atoms with Gasteiger partial charge in [0.15, 0.2) is 6.10 Å². The number of ether oxygens (including phenoxy) is 3. The first kappa shape index (κ1) is 62.5. The highest BCUT2D eigenvalue weighted by Gasteiger charge is 2.19. The van der Waals surface area contributed by atoms with Crippen LogP contribution in [0, 0.1) is 0 Å². The van der Waals surface area contributed by atoms with E-state index in [0.717, 1.165) is 109 Å². The summed E-state index contributed by atoms with van der Waals surface area (Å²) in [6.07, 6.45) is 75.8. The summed E-state index contributed by atoms with van der Waals surface area (Å²) in [5.41, 5.74) is 0. The largest absolute Gasteiger partial charge is 0.462 e. The van der Waals surface area contributed by atoms with Gasteiger partial charge in [0.2, 0.25) is 0 Å². The second kappa shape index (κ2) is 54.2. The fourth-order valence-electron chi connectivity index (χ4n) is 6.62. The Labute approximate surface area is 411 Å². The molecule has 6 heteroatoms. The monoisotopic (exact) mass is 925 g/mol. The van der Waals surface area contributed by atoms with Crippen molar-refractivity contribution < 1.29 is 28.6 Å². The van der Waals surface area contributed by atoms with Gasteiger partial charge in [0, 0.05) is 19.3 Å².